The smallest absolute Gasteiger partial charge is 0.254 e. The average Bonchev–Trinajstić information content (AvgIpc) is 2.77. The molecule has 0 spiro atoms. The zero-order valence-electron chi connectivity index (χ0n) is 10.2. The van der Waals surface area contributed by atoms with Crippen molar-refractivity contribution in [1.29, 1.82) is 0 Å². The predicted molar refractivity (Wildman–Crippen MR) is 78.6 cm³/mol. The van der Waals surface area contributed by atoms with Crippen LogP contribution in [0.2, 0.25) is 0 Å². The summed E-state index contributed by atoms with van der Waals surface area (Å²) in [6, 6.07) is 5.97. The molecule has 2 N–H and O–H groups in total. The Morgan fingerprint density at radius 2 is 2.21 bits per heavy atom. The molecule has 1 amide bonds. The number of hydrogen-bond acceptors (Lipinski definition) is 3. The van der Waals surface area contributed by atoms with Crippen molar-refractivity contribution in [3.63, 3.8) is 0 Å². The number of amides is 1. The van der Waals surface area contributed by atoms with Crippen molar-refractivity contribution in [2.75, 3.05) is 12.8 Å². The van der Waals surface area contributed by atoms with Crippen molar-refractivity contribution < 1.29 is 9.18 Å². The Morgan fingerprint density at radius 3 is 2.79 bits per heavy atom. The van der Waals surface area contributed by atoms with Crippen molar-refractivity contribution in [2.24, 2.45) is 0 Å². The lowest BCUT2D eigenvalue weighted by atomic mass is 10.1. The minimum absolute atomic E-state index is 0.0156. The number of hydrogen-bond donors (Lipinski definition) is 1. The molecule has 0 radical (unpaired) electrons. The first-order valence-electron chi connectivity index (χ1n) is 5.51. The summed E-state index contributed by atoms with van der Waals surface area (Å²) < 4.78 is 14.1. The number of carbonyl (C=O) groups excluding carboxylic acids is 1. The molecule has 1 aromatic carbocycles. The summed E-state index contributed by atoms with van der Waals surface area (Å²) >= 11 is 4.94. The summed E-state index contributed by atoms with van der Waals surface area (Å²) in [5.41, 5.74) is 5.84. The molecule has 19 heavy (non-hydrogen) atoms. The Balaban J connectivity index is 2.12. The van der Waals surface area contributed by atoms with E-state index in [-0.39, 0.29) is 11.6 Å². The van der Waals surface area contributed by atoms with Crippen LogP contribution in [0.1, 0.15) is 15.2 Å². The number of rotatable bonds is 3. The number of halogens is 2. The number of carbonyl (C=O) groups is 1. The highest BCUT2D eigenvalue weighted by atomic mass is 79.9. The van der Waals surface area contributed by atoms with Crippen LogP contribution in [0.5, 0.6) is 0 Å². The summed E-state index contributed by atoms with van der Waals surface area (Å²) in [6.45, 7) is 0.506. The molecule has 1 heterocycles. The number of benzene rings is 1. The second kappa shape index (κ2) is 5.71. The Labute approximate surface area is 123 Å². The van der Waals surface area contributed by atoms with Crippen molar-refractivity contribution in [3.8, 4) is 0 Å². The first-order chi connectivity index (χ1) is 8.97. The van der Waals surface area contributed by atoms with E-state index >= 15 is 0 Å². The number of nitrogens with zero attached hydrogens (tertiary/aromatic N) is 1. The largest absolute Gasteiger partial charge is 0.396 e. The van der Waals surface area contributed by atoms with Gasteiger partial charge in [-0.15, -0.1) is 11.3 Å². The van der Waals surface area contributed by atoms with Gasteiger partial charge in [-0.05, 0) is 40.2 Å². The van der Waals surface area contributed by atoms with Crippen molar-refractivity contribution in [3.05, 3.63) is 50.4 Å². The number of nitrogens with two attached hydrogens (primary N) is 1. The molecule has 0 unspecified atom stereocenters. The zero-order chi connectivity index (χ0) is 14.0. The molecule has 0 aliphatic heterocycles. The Bertz CT molecular complexity index is 614. The number of nitrogen functional groups attached to an aromatic ring is 1. The number of anilines is 1. The molecule has 0 saturated heterocycles. The van der Waals surface area contributed by atoms with E-state index in [1.165, 1.54) is 18.2 Å². The molecule has 1 aromatic heterocycles. The lowest BCUT2D eigenvalue weighted by Crippen LogP contribution is -2.25. The van der Waals surface area contributed by atoms with Crippen LogP contribution in [0.3, 0.4) is 0 Å². The van der Waals surface area contributed by atoms with Crippen LogP contribution in [-0.4, -0.2) is 17.9 Å². The van der Waals surface area contributed by atoms with E-state index in [1.54, 1.807) is 23.3 Å². The second-order valence-corrected chi connectivity index (χ2v) is 6.04. The van der Waals surface area contributed by atoms with Gasteiger partial charge >= 0.3 is 0 Å². The van der Waals surface area contributed by atoms with Crippen LogP contribution < -0.4 is 5.73 Å². The van der Waals surface area contributed by atoms with Gasteiger partial charge in [0.2, 0.25) is 0 Å². The third kappa shape index (κ3) is 3.33. The summed E-state index contributed by atoms with van der Waals surface area (Å²) in [6.07, 6.45) is 0. The van der Waals surface area contributed by atoms with Gasteiger partial charge in [0.05, 0.1) is 12.2 Å². The SMILES string of the molecule is CN(Cc1cc(Br)cs1)C(=O)c1ccc(F)c(N)c1. The van der Waals surface area contributed by atoms with E-state index < -0.39 is 5.82 Å². The van der Waals surface area contributed by atoms with Gasteiger partial charge < -0.3 is 10.6 Å². The van der Waals surface area contributed by atoms with Crippen LogP contribution >= 0.6 is 27.3 Å². The molecular formula is C13H12BrFN2OS. The van der Waals surface area contributed by atoms with Crippen LogP contribution in [0.4, 0.5) is 10.1 Å². The van der Waals surface area contributed by atoms with Gasteiger partial charge in [0.15, 0.2) is 0 Å². The van der Waals surface area contributed by atoms with E-state index in [9.17, 15) is 9.18 Å². The third-order valence-electron chi connectivity index (χ3n) is 2.60. The summed E-state index contributed by atoms with van der Waals surface area (Å²) in [5, 5.41) is 1.96. The third-order valence-corrected chi connectivity index (χ3v) is 4.29. The highest BCUT2D eigenvalue weighted by Crippen LogP contribution is 2.21. The van der Waals surface area contributed by atoms with Gasteiger partial charge in [-0.25, -0.2) is 4.39 Å². The topological polar surface area (TPSA) is 46.3 Å². The molecule has 2 aromatic rings. The molecule has 0 fully saturated rings. The highest BCUT2D eigenvalue weighted by Gasteiger charge is 2.14. The molecule has 0 bridgehead atoms. The van der Waals surface area contributed by atoms with Gasteiger partial charge in [0.1, 0.15) is 5.82 Å². The Morgan fingerprint density at radius 1 is 1.47 bits per heavy atom. The normalized spacial score (nSPS) is 10.5. The van der Waals surface area contributed by atoms with Crippen molar-refractivity contribution in [1.82, 2.24) is 4.90 Å². The molecule has 0 aliphatic carbocycles. The molecule has 0 atom stereocenters. The van der Waals surface area contributed by atoms with E-state index in [1.807, 2.05) is 11.4 Å². The summed E-state index contributed by atoms with van der Waals surface area (Å²) in [4.78, 5) is 14.8. The average molecular weight is 343 g/mol. The van der Waals surface area contributed by atoms with Crippen molar-refractivity contribution in [2.45, 2.75) is 6.54 Å². The first kappa shape index (κ1) is 14.0. The van der Waals surface area contributed by atoms with Crippen molar-refractivity contribution >= 4 is 38.9 Å². The summed E-state index contributed by atoms with van der Waals surface area (Å²) in [7, 11) is 1.70. The fourth-order valence-electron chi connectivity index (χ4n) is 1.64. The van der Waals surface area contributed by atoms with Gasteiger partial charge in [-0.3, -0.25) is 4.79 Å². The molecular weight excluding hydrogens is 331 g/mol. The maximum atomic E-state index is 13.1. The molecule has 0 aliphatic rings. The maximum Gasteiger partial charge on any atom is 0.254 e. The monoisotopic (exact) mass is 342 g/mol. The Hall–Kier alpha value is -1.40. The molecule has 6 heteroatoms. The van der Waals surface area contributed by atoms with E-state index in [0.717, 1.165) is 9.35 Å². The minimum Gasteiger partial charge on any atom is -0.396 e. The molecule has 100 valence electrons. The van der Waals surface area contributed by atoms with E-state index in [2.05, 4.69) is 15.9 Å². The molecule has 2 rings (SSSR count). The van der Waals surface area contributed by atoms with E-state index in [4.69, 9.17) is 5.73 Å². The Kier molecular flexibility index (Phi) is 4.21. The fraction of sp³-hybridized carbons (Fsp3) is 0.154. The molecule has 0 saturated carbocycles. The maximum absolute atomic E-state index is 13.1. The highest BCUT2D eigenvalue weighted by molar-refractivity contribution is 9.10. The number of thiophene rings is 1. The van der Waals surface area contributed by atoms with Gasteiger partial charge in [0.25, 0.3) is 5.91 Å². The van der Waals surface area contributed by atoms with Gasteiger partial charge in [-0.2, -0.15) is 0 Å². The molecule has 3 nitrogen and oxygen atoms in total. The standard InChI is InChI=1S/C13H12BrFN2OS/c1-17(6-10-5-9(14)7-19-10)13(18)8-2-3-11(15)12(16)4-8/h2-5,7H,6,16H2,1H3. The van der Waals surface area contributed by atoms with Crippen LogP contribution in [0.25, 0.3) is 0 Å². The minimum atomic E-state index is -0.513. The first-order valence-corrected chi connectivity index (χ1v) is 7.18. The zero-order valence-corrected chi connectivity index (χ0v) is 12.6. The lowest BCUT2D eigenvalue weighted by molar-refractivity contribution is 0.0786. The van der Waals surface area contributed by atoms with Gasteiger partial charge in [0, 0.05) is 27.3 Å². The van der Waals surface area contributed by atoms with E-state index in [0.29, 0.717) is 12.1 Å². The second-order valence-electron chi connectivity index (χ2n) is 4.13. The summed E-state index contributed by atoms with van der Waals surface area (Å²) in [5.74, 6) is -0.697. The quantitative estimate of drug-likeness (QED) is 0.867. The van der Waals surface area contributed by atoms with Crippen LogP contribution in [0, 0.1) is 5.82 Å². The van der Waals surface area contributed by atoms with Crippen LogP contribution in [0.15, 0.2) is 34.1 Å². The van der Waals surface area contributed by atoms with Crippen LogP contribution in [-0.2, 0) is 6.54 Å². The van der Waals surface area contributed by atoms with Gasteiger partial charge in [-0.1, -0.05) is 0 Å². The fourth-order valence-corrected chi connectivity index (χ4v) is 3.14. The predicted octanol–water partition coefficient (Wildman–Crippen LogP) is 3.50. The lowest BCUT2D eigenvalue weighted by Gasteiger charge is -2.16.